The van der Waals surface area contributed by atoms with Crippen molar-refractivity contribution in [2.24, 2.45) is 0 Å². The van der Waals surface area contributed by atoms with Gasteiger partial charge in [0.05, 0.1) is 30.4 Å². The molecule has 1 aliphatic heterocycles. The quantitative estimate of drug-likeness (QED) is 0.313. The highest BCUT2D eigenvalue weighted by Gasteiger charge is 2.42. The fraction of sp³-hybridized carbons (Fsp3) is 0.375. The Balaban J connectivity index is 1.24. The first-order valence-electron chi connectivity index (χ1n) is 11.2. The van der Waals surface area contributed by atoms with Gasteiger partial charge in [-0.3, -0.25) is 14.4 Å². The molecule has 0 N–H and O–H groups in total. The summed E-state index contributed by atoms with van der Waals surface area (Å²) in [5, 5.41) is 16.0. The monoisotopic (exact) mass is 464 g/mol. The van der Waals surface area contributed by atoms with Gasteiger partial charge in [-0.15, -0.1) is 4.68 Å². The number of fused-ring (bicyclic) bond motifs is 2. The molecule has 10 nitrogen and oxygen atoms in total. The summed E-state index contributed by atoms with van der Waals surface area (Å²) >= 11 is 0. The van der Waals surface area contributed by atoms with E-state index in [1.807, 2.05) is 18.2 Å². The SMILES string of the molecule is COC1(Cc2ccccc2)CCN(C(=O)CCn2c3c(n[n+]2[O-])C(=O)c2occc2C3=O)CC1. The number of carbonyl (C=O) groups excluding carboxylic acids is 3. The molecular formula is C24H24N4O6. The Labute approximate surface area is 195 Å². The number of ether oxygens (including phenoxy) is 1. The average Bonchev–Trinajstić information content (AvgIpc) is 3.47. The molecule has 1 saturated heterocycles. The van der Waals surface area contributed by atoms with E-state index in [-0.39, 0.29) is 52.1 Å². The number of furan rings is 1. The van der Waals surface area contributed by atoms with Crippen molar-refractivity contribution in [1.29, 1.82) is 0 Å². The Morgan fingerprint density at radius 1 is 1.18 bits per heavy atom. The van der Waals surface area contributed by atoms with Gasteiger partial charge in [-0.25, -0.2) is 0 Å². The first-order chi connectivity index (χ1) is 16.4. The summed E-state index contributed by atoms with van der Waals surface area (Å²) in [4.78, 5) is 40.2. The molecular weight excluding hydrogens is 440 g/mol. The fourth-order valence-corrected chi connectivity index (χ4v) is 4.81. The number of aromatic nitrogens is 3. The van der Waals surface area contributed by atoms with E-state index in [9.17, 15) is 19.6 Å². The molecule has 0 spiro atoms. The van der Waals surface area contributed by atoms with Gasteiger partial charge >= 0.3 is 0 Å². The largest absolute Gasteiger partial charge is 0.571 e. The Morgan fingerprint density at radius 3 is 2.62 bits per heavy atom. The third kappa shape index (κ3) is 3.69. The molecule has 3 heterocycles. The number of carbonyl (C=O) groups is 3. The van der Waals surface area contributed by atoms with Crippen LogP contribution in [0.5, 0.6) is 0 Å². The molecule has 2 aliphatic rings. The van der Waals surface area contributed by atoms with E-state index in [4.69, 9.17) is 9.15 Å². The zero-order chi connectivity index (χ0) is 23.9. The van der Waals surface area contributed by atoms with Crippen LogP contribution in [-0.4, -0.2) is 58.0 Å². The van der Waals surface area contributed by atoms with Crippen molar-refractivity contribution in [2.75, 3.05) is 20.2 Å². The second-order valence-corrected chi connectivity index (χ2v) is 8.68. The van der Waals surface area contributed by atoms with Gasteiger partial charge in [0.2, 0.25) is 17.4 Å². The van der Waals surface area contributed by atoms with Crippen LogP contribution in [0.25, 0.3) is 0 Å². The van der Waals surface area contributed by atoms with Crippen LogP contribution in [0.4, 0.5) is 0 Å². The van der Waals surface area contributed by atoms with Crippen LogP contribution in [0.2, 0.25) is 0 Å². The number of amides is 1. The van der Waals surface area contributed by atoms with Gasteiger partial charge in [-0.05, 0) is 24.5 Å². The predicted octanol–water partition coefficient (Wildman–Crippen LogP) is 1.53. The van der Waals surface area contributed by atoms with Crippen LogP contribution in [0.15, 0.2) is 47.1 Å². The third-order valence-corrected chi connectivity index (χ3v) is 6.79. The topological polar surface area (TPSA) is 122 Å². The molecule has 3 aromatic rings. The lowest BCUT2D eigenvalue weighted by Gasteiger charge is -2.41. The van der Waals surface area contributed by atoms with E-state index in [1.165, 1.54) is 17.9 Å². The summed E-state index contributed by atoms with van der Waals surface area (Å²) in [6, 6.07) is 11.5. The molecule has 0 bridgehead atoms. The Morgan fingerprint density at radius 2 is 1.91 bits per heavy atom. The van der Waals surface area contributed by atoms with Crippen LogP contribution < -0.4 is 4.96 Å². The van der Waals surface area contributed by atoms with Crippen LogP contribution in [0.3, 0.4) is 0 Å². The maximum absolute atomic E-state index is 12.9. The molecule has 1 aliphatic carbocycles. The molecule has 0 radical (unpaired) electrons. The number of likely N-dealkylation sites (tertiary alicyclic amines) is 1. The number of nitrogens with zero attached hydrogens (tertiary/aromatic N) is 4. The fourth-order valence-electron chi connectivity index (χ4n) is 4.81. The minimum atomic E-state index is -0.616. The Hall–Kier alpha value is -3.79. The smallest absolute Gasteiger partial charge is 0.256 e. The molecule has 34 heavy (non-hydrogen) atoms. The van der Waals surface area contributed by atoms with Crippen molar-refractivity contribution < 1.29 is 28.5 Å². The molecule has 1 fully saturated rings. The van der Waals surface area contributed by atoms with Gasteiger partial charge in [-0.1, -0.05) is 30.3 Å². The van der Waals surface area contributed by atoms with Gasteiger partial charge < -0.3 is 19.3 Å². The van der Waals surface area contributed by atoms with Crippen LogP contribution in [-0.2, 0) is 22.5 Å². The summed E-state index contributed by atoms with van der Waals surface area (Å²) in [7, 11) is 1.71. The summed E-state index contributed by atoms with van der Waals surface area (Å²) < 4.78 is 12.0. The van der Waals surface area contributed by atoms with Crippen LogP contribution in [0.1, 0.15) is 57.1 Å². The number of piperidine rings is 1. The lowest BCUT2D eigenvalue weighted by molar-refractivity contribution is -0.749. The van der Waals surface area contributed by atoms with Crippen molar-refractivity contribution in [3.8, 4) is 0 Å². The minimum absolute atomic E-state index is 0.00339. The molecule has 0 unspecified atom stereocenters. The lowest BCUT2D eigenvalue weighted by atomic mass is 9.85. The maximum atomic E-state index is 12.9. The van der Waals surface area contributed by atoms with Crippen LogP contribution >= 0.6 is 0 Å². The molecule has 5 rings (SSSR count). The van der Waals surface area contributed by atoms with Gasteiger partial charge in [-0.2, -0.15) is 0 Å². The van der Waals surface area contributed by atoms with E-state index < -0.39 is 11.6 Å². The number of hydrogen-bond donors (Lipinski definition) is 0. The summed E-state index contributed by atoms with van der Waals surface area (Å²) in [5.74, 6) is -1.39. The molecule has 2 aromatic heterocycles. The van der Waals surface area contributed by atoms with Crippen molar-refractivity contribution in [3.63, 3.8) is 0 Å². The normalized spacial score (nSPS) is 16.9. The highest BCUT2D eigenvalue weighted by Crippen LogP contribution is 2.30. The molecule has 10 heteroatoms. The highest BCUT2D eigenvalue weighted by molar-refractivity contribution is 6.25. The number of rotatable bonds is 6. The molecule has 0 atom stereocenters. The molecule has 1 amide bonds. The van der Waals surface area contributed by atoms with Crippen molar-refractivity contribution >= 4 is 17.5 Å². The second-order valence-electron chi connectivity index (χ2n) is 8.68. The zero-order valence-electron chi connectivity index (χ0n) is 18.7. The van der Waals surface area contributed by atoms with Gasteiger partial charge in [0.1, 0.15) is 0 Å². The van der Waals surface area contributed by atoms with Crippen molar-refractivity contribution in [2.45, 2.75) is 37.8 Å². The van der Waals surface area contributed by atoms with E-state index in [2.05, 4.69) is 17.2 Å². The number of methoxy groups -OCH3 is 1. The predicted molar refractivity (Wildman–Crippen MR) is 117 cm³/mol. The molecule has 1 aromatic carbocycles. The standard InChI is InChI=1S/C24H24N4O6/c1-33-24(15-16-5-3-2-4-6-16)9-12-26(13-10-24)18(29)7-11-27-20-19(25-28(27)32)22(31)23-17(21(20)30)8-14-34-23/h2-6,8,14H,7,9-13,15H2,1H3. The first kappa shape index (κ1) is 22.0. The van der Waals surface area contributed by atoms with Crippen LogP contribution in [0, 0.1) is 5.21 Å². The summed E-state index contributed by atoms with van der Waals surface area (Å²) in [6.07, 6.45) is 3.42. The van der Waals surface area contributed by atoms with E-state index in [1.54, 1.807) is 12.0 Å². The maximum Gasteiger partial charge on any atom is 0.256 e. The van der Waals surface area contributed by atoms with Crippen molar-refractivity contribution in [1.82, 2.24) is 14.7 Å². The number of benzene rings is 1. The average molecular weight is 464 g/mol. The number of ketones is 2. The lowest BCUT2D eigenvalue weighted by Crippen LogP contribution is -2.49. The first-order valence-corrected chi connectivity index (χ1v) is 11.2. The van der Waals surface area contributed by atoms with E-state index >= 15 is 0 Å². The minimum Gasteiger partial charge on any atom is -0.571 e. The summed E-state index contributed by atoms with van der Waals surface area (Å²) in [5.41, 5.74) is 0.597. The van der Waals surface area contributed by atoms with E-state index in [0.29, 0.717) is 25.9 Å². The van der Waals surface area contributed by atoms with E-state index in [0.717, 1.165) is 11.1 Å². The van der Waals surface area contributed by atoms with Crippen molar-refractivity contribution in [3.05, 3.63) is 76.1 Å². The van der Waals surface area contributed by atoms with Gasteiger partial charge in [0.15, 0.2) is 11.5 Å². The summed E-state index contributed by atoms with van der Waals surface area (Å²) in [6.45, 7) is 1.01. The zero-order valence-corrected chi connectivity index (χ0v) is 18.7. The highest BCUT2D eigenvalue weighted by atomic mass is 16.5. The molecule has 0 saturated carbocycles. The Bertz CT molecular complexity index is 1250. The molecule has 176 valence electrons. The number of hydrogen-bond acceptors (Lipinski definition) is 7. The Kier molecular flexibility index (Phi) is 5.52. The van der Waals surface area contributed by atoms with Gasteiger partial charge in [0, 0.05) is 36.7 Å². The third-order valence-electron chi connectivity index (χ3n) is 6.79. The second kappa shape index (κ2) is 8.53. The van der Waals surface area contributed by atoms with Gasteiger partial charge in [0.25, 0.3) is 5.78 Å².